The number of thioether (sulfide) groups is 1. The smallest absolute Gasteiger partial charge is 0.230 e. The number of carbonyl (C=O) groups is 1. The van der Waals surface area contributed by atoms with Gasteiger partial charge in [0.15, 0.2) is 11.0 Å². The summed E-state index contributed by atoms with van der Waals surface area (Å²) in [5, 5.41) is 12.5. The van der Waals surface area contributed by atoms with Crippen molar-refractivity contribution in [3.05, 3.63) is 35.7 Å². The van der Waals surface area contributed by atoms with Crippen LogP contribution in [0, 0.1) is 6.92 Å². The molecule has 1 heterocycles. The van der Waals surface area contributed by atoms with Crippen molar-refractivity contribution in [3.63, 3.8) is 0 Å². The van der Waals surface area contributed by atoms with Crippen LogP contribution in [0.25, 0.3) is 0 Å². The largest absolute Gasteiger partial charge is 0.485 e. The number of para-hydroxylation sites is 1. The highest BCUT2D eigenvalue weighted by atomic mass is 32.2. The first-order chi connectivity index (χ1) is 13.7. The first-order valence-corrected chi connectivity index (χ1v) is 11.2. The number of benzene rings is 1. The van der Waals surface area contributed by atoms with Crippen molar-refractivity contribution < 1.29 is 9.53 Å². The van der Waals surface area contributed by atoms with E-state index in [0.29, 0.717) is 18.4 Å². The van der Waals surface area contributed by atoms with Crippen LogP contribution in [0.1, 0.15) is 56.8 Å². The van der Waals surface area contributed by atoms with Gasteiger partial charge in [-0.25, -0.2) is 0 Å². The number of nitrogens with zero attached hydrogens (tertiary/aromatic N) is 3. The SMILES string of the molecule is CCn1c(COc2ccccc2C)nnc1SCC(=O)NC1CCCCCC1. The number of aryl methyl sites for hydroxylation is 1. The van der Waals surface area contributed by atoms with Crippen LogP contribution in [-0.4, -0.2) is 32.5 Å². The second-order valence-electron chi connectivity index (χ2n) is 7.24. The van der Waals surface area contributed by atoms with Crippen molar-refractivity contribution in [2.45, 2.75) is 76.7 Å². The fraction of sp³-hybridized carbons (Fsp3) is 0.571. The maximum atomic E-state index is 12.3. The zero-order valence-corrected chi connectivity index (χ0v) is 17.6. The minimum absolute atomic E-state index is 0.0836. The number of aromatic nitrogens is 3. The van der Waals surface area contributed by atoms with Gasteiger partial charge in [-0.2, -0.15) is 0 Å². The third kappa shape index (κ3) is 5.74. The molecule has 152 valence electrons. The molecule has 1 saturated carbocycles. The molecule has 0 radical (unpaired) electrons. The Kier molecular flexibility index (Phi) is 7.77. The van der Waals surface area contributed by atoms with E-state index < -0.39 is 0 Å². The highest BCUT2D eigenvalue weighted by Crippen LogP contribution is 2.21. The van der Waals surface area contributed by atoms with Crippen molar-refractivity contribution in [1.29, 1.82) is 0 Å². The fourth-order valence-corrected chi connectivity index (χ4v) is 4.37. The molecule has 0 spiro atoms. The van der Waals surface area contributed by atoms with Gasteiger partial charge in [0.1, 0.15) is 12.4 Å². The minimum atomic E-state index is 0.0836. The van der Waals surface area contributed by atoms with E-state index >= 15 is 0 Å². The summed E-state index contributed by atoms with van der Waals surface area (Å²) in [6.45, 7) is 5.18. The van der Waals surface area contributed by atoms with Gasteiger partial charge in [0.25, 0.3) is 0 Å². The molecule has 0 atom stereocenters. The number of hydrogen-bond donors (Lipinski definition) is 1. The van der Waals surface area contributed by atoms with E-state index in [2.05, 4.69) is 22.4 Å². The van der Waals surface area contributed by atoms with Crippen LogP contribution in [0.2, 0.25) is 0 Å². The Bertz CT molecular complexity index is 770. The van der Waals surface area contributed by atoms with E-state index in [-0.39, 0.29) is 5.91 Å². The molecule has 1 fully saturated rings. The van der Waals surface area contributed by atoms with Crippen LogP contribution in [0.3, 0.4) is 0 Å². The minimum Gasteiger partial charge on any atom is -0.485 e. The van der Waals surface area contributed by atoms with Crippen LogP contribution in [0.5, 0.6) is 5.75 Å². The normalized spacial score (nSPS) is 15.2. The summed E-state index contributed by atoms with van der Waals surface area (Å²) in [4.78, 5) is 12.3. The summed E-state index contributed by atoms with van der Waals surface area (Å²) in [6, 6.07) is 8.26. The standard InChI is InChI=1S/C21H30N4O2S/c1-3-25-19(14-27-18-13-9-8-10-16(18)2)23-24-21(25)28-15-20(26)22-17-11-6-4-5-7-12-17/h8-10,13,17H,3-7,11-12,14-15H2,1-2H3,(H,22,26). The van der Waals surface area contributed by atoms with Crippen molar-refractivity contribution in [1.82, 2.24) is 20.1 Å². The molecule has 1 aliphatic carbocycles. The predicted molar refractivity (Wildman–Crippen MR) is 112 cm³/mol. The zero-order chi connectivity index (χ0) is 19.8. The summed E-state index contributed by atoms with van der Waals surface area (Å²) >= 11 is 1.44. The van der Waals surface area contributed by atoms with Crippen LogP contribution in [0.4, 0.5) is 0 Å². The molecule has 3 rings (SSSR count). The number of amides is 1. The lowest BCUT2D eigenvalue weighted by Crippen LogP contribution is -2.35. The molecule has 0 saturated heterocycles. The lowest BCUT2D eigenvalue weighted by atomic mass is 10.1. The number of rotatable bonds is 8. The summed E-state index contributed by atoms with van der Waals surface area (Å²) in [7, 11) is 0. The molecule has 1 aromatic heterocycles. The Morgan fingerprint density at radius 2 is 1.96 bits per heavy atom. The second-order valence-corrected chi connectivity index (χ2v) is 8.18. The Morgan fingerprint density at radius 1 is 1.21 bits per heavy atom. The summed E-state index contributed by atoms with van der Waals surface area (Å²) in [5.41, 5.74) is 1.09. The highest BCUT2D eigenvalue weighted by Gasteiger charge is 2.17. The van der Waals surface area contributed by atoms with Gasteiger partial charge in [-0.15, -0.1) is 10.2 Å². The molecule has 7 heteroatoms. The zero-order valence-electron chi connectivity index (χ0n) is 16.8. The average Bonchev–Trinajstić information content (AvgIpc) is 2.91. The molecule has 0 aliphatic heterocycles. The molecule has 0 unspecified atom stereocenters. The van der Waals surface area contributed by atoms with Gasteiger partial charge in [-0.05, 0) is 38.3 Å². The maximum Gasteiger partial charge on any atom is 0.230 e. The van der Waals surface area contributed by atoms with Crippen LogP contribution in [-0.2, 0) is 17.9 Å². The third-order valence-electron chi connectivity index (χ3n) is 5.11. The predicted octanol–water partition coefficient (Wildman–Crippen LogP) is 4.12. The van der Waals surface area contributed by atoms with Gasteiger partial charge >= 0.3 is 0 Å². The first kappa shape index (κ1) is 20.7. The van der Waals surface area contributed by atoms with Gasteiger partial charge in [-0.3, -0.25) is 4.79 Å². The van der Waals surface area contributed by atoms with Crippen molar-refractivity contribution in [2.24, 2.45) is 0 Å². The quantitative estimate of drug-likeness (QED) is 0.531. The Morgan fingerprint density at radius 3 is 2.68 bits per heavy atom. The number of hydrogen-bond acceptors (Lipinski definition) is 5. The fourth-order valence-electron chi connectivity index (χ4n) is 3.53. The molecule has 6 nitrogen and oxygen atoms in total. The van der Waals surface area contributed by atoms with E-state index in [0.717, 1.165) is 41.7 Å². The molecule has 1 amide bonds. The summed E-state index contributed by atoms with van der Waals surface area (Å²) < 4.78 is 7.92. The number of nitrogens with one attached hydrogen (secondary N) is 1. The van der Waals surface area contributed by atoms with Gasteiger partial charge in [0, 0.05) is 12.6 Å². The maximum absolute atomic E-state index is 12.3. The van der Waals surface area contributed by atoms with Crippen LogP contribution < -0.4 is 10.1 Å². The average molecular weight is 403 g/mol. The topological polar surface area (TPSA) is 69.0 Å². The van der Waals surface area contributed by atoms with Crippen LogP contribution >= 0.6 is 11.8 Å². The molecular weight excluding hydrogens is 372 g/mol. The van der Waals surface area contributed by atoms with Crippen LogP contribution in [0.15, 0.2) is 29.4 Å². The Balaban J connectivity index is 1.53. The van der Waals surface area contributed by atoms with E-state index in [9.17, 15) is 4.79 Å². The highest BCUT2D eigenvalue weighted by molar-refractivity contribution is 7.99. The van der Waals surface area contributed by atoms with Gasteiger partial charge in [0.2, 0.25) is 5.91 Å². The van der Waals surface area contributed by atoms with E-state index in [1.807, 2.05) is 35.8 Å². The van der Waals surface area contributed by atoms with Crippen molar-refractivity contribution >= 4 is 17.7 Å². The summed E-state index contributed by atoms with van der Waals surface area (Å²) in [5.74, 6) is 2.08. The molecule has 28 heavy (non-hydrogen) atoms. The Hall–Kier alpha value is -2.02. The summed E-state index contributed by atoms with van der Waals surface area (Å²) in [6.07, 6.45) is 7.20. The molecule has 2 aromatic rings. The molecular formula is C21H30N4O2S. The Labute approximate surface area is 171 Å². The lowest BCUT2D eigenvalue weighted by Gasteiger charge is -2.16. The molecule has 1 aromatic carbocycles. The molecule has 1 aliphatic rings. The van der Waals surface area contributed by atoms with E-state index in [1.165, 1.54) is 37.4 Å². The first-order valence-electron chi connectivity index (χ1n) is 10.2. The van der Waals surface area contributed by atoms with Gasteiger partial charge < -0.3 is 14.6 Å². The monoisotopic (exact) mass is 402 g/mol. The van der Waals surface area contributed by atoms with E-state index in [1.54, 1.807) is 0 Å². The second kappa shape index (κ2) is 10.5. The van der Waals surface area contributed by atoms with Crippen molar-refractivity contribution in [3.8, 4) is 5.75 Å². The van der Waals surface area contributed by atoms with E-state index in [4.69, 9.17) is 4.74 Å². The number of ether oxygens (including phenoxy) is 1. The molecule has 1 N–H and O–H groups in total. The van der Waals surface area contributed by atoms with Gasteiger partial charge in [-0.1, -0.05) is 55.6 Å². The lowest BCUT2D eigenvalue weighted by molar-refractivity contribution is -0.119. The van der Waals surface area contributed by atoms with Crippen molar-refractivity contribution in [2.75, 3.05) is 5.75 Å². The molecule has 0 bridgehead atoms. The number of carbonyl (C=O) groups excluding carboxylic acids is 1. The van der Waals surface area contributed by atoms with Gasteiger partial charge in [0.05, 0.1) is 5.75 Å². The third-order valence-corrected chi connectivity index (χ3v) is 6.08.